The van der Waals surface area contributed by atoms with E-state index in [0.717, 1.165) is 24.6 Å². The predicted molar refractivity (Wildman–Crippen MR) is 111 cm³/mol. The van der Waals surface area contributed by atoms with E-state index < -0.39 is 0 Å². The van der Waals surface area contributed by atoms with Gasteiger partial charge in [-0.3, -0.25) is 9.89 Å². The van der Waals surface area contributed by atoms with Gasteiger partial charge in [0.25, 0.3) is 0 Å². The SMILES string of the molecule is COc1cc(OC)c(NC(=O)CSc2n[nH]c(CCC3CCCC3)n2)cc1Cl. The van der Waals surface area contributed by atoms with Crippen molar-refractivity contribution in [3.05, 3.63) is 23.0 Å². The Labute approximate surface area is 173 Å². The van der Waals surface area contributed by atoms with Crippen LogP contribution in [0.15, 0.2) is 17.3 Å². The van der Waals surface area contributed by atoms with Crippen LogP contribution in [0.25, 0.3) is 0 Å². The van der Waals surface area contributed by atoms with Gasteiger partial charge in [-0.05, 0) is 18.4 Å². The Morgan fingerprint density at radius 3 is 2.75 bits per heavy atom. The molecule has 9 heteroatoms. The zero-order valence-electron chi connectivity index (χ0n) is 16.1. The van der Waals surface area contributed by atoms with Crippen LogP contribution in [-0.2, 0) is 11.2 Å². The highest BCUT2D eigenvalue weighted by Crippen LogP contribution is 2.36. The first-order valence-corrected chi connectivity index (χ1v) is 10.7. The molecular weight excluding hydrogens is 400 g/mol. The van der Waals surface area contributed by atoms with Crippen molar-refractivity contribution in [2.24, 2.45) is 5.92 Å². The number of aromatic nitrogens is 3. The molecule has 1 fully saturated rings. The minimum atomic E-state index is -0.193. The molecule has 28 heavy (non-hydrogen) atoms. The number of benzene rings is 1. The fraction of sp³-hybridized carbons (Fsp3) is 0.526. The number of carbonyl (C=O) groups excluding carboxylic acids is 1. The molecular formula is C19H25ClN4O3S. The van der Waals surface area contributed by atoms with Crippen molar-refractivity contribution in [1.82, 2.24) is 15.2 Å². The van der Waals surface area contributed by atoms with E-state index in [1.807, 2.05) is 0 Å². The Morgan fingerprint density at radius 1 is 1.29 bits per heavy atom. The molecule has 0 aliphatic heterocycles. The Hall–Kier alpha value is -1.93. The standard InChI is InChI=1S/C19H25ClN4O3S/c1-26-15-10-16(27-2)14(9-13(15)20)21-18(25)11-28-19-22-17(23-24-19)8-7-12-5-3-4-6-12/h9-10,12H,3-8,11H2,1-2H3,(H,21,25)(H,22,23,24). The maximum atomic E-state index is 12.3. The Bertz CT molecular complexity index is 808. The summed E-state index contributed by atoms with van der Waals surface area (Å²) in [5.41, 5.74) is 0.492. The lowest BCUT2D eigenvalue weighted by Gasteiger charge is -2.12. The highest BCUT2D eigenvalue weighted by molar-refractivity contribution is 7.99. The van der Waals surface area contributed by atoms with E-state index in [4.69, 9.17) is 21.1 Å². The van der Waals surface area contributed by atoms with Crippen molar-refractivity contribution >= 4 is 35.0 Å². The number of amides is 1. The topological polar surface area (TPSA) is 89.1 Å². The molecule has 3 rings (SSSR count). The predicted octanol–water partition coefficient (Wildman–Crippen LogP) is 4.33. The van der Waals surface area contributed by atoms with E-state index in [2.05, 4.69) is 20.5 Å². The number of ether oxygens (including phenoxy) is 2. The highest BCUT2D eigenvalue weighted by atomic mass is 35.5. The number of hydrogen-bond acceptors (Lipinski definition) is 6. The van der Waals surface area contributed by atoms with Gasteiger partial charge < -0.3 is 14.8 Å². The summed E-state index contributed by atoms with van der Waals surface area (Å²) in [6.07, 6.45) is 7.41. The molecule has 1 aliphatic rings. The van der Waals surface area contributed by atoms with Gasteiger partial charge in [0.05, 0.1) is 30.7 Å². The molecule has 0 atom stereocenters. The van der Waals surface area contributed by atoms with Crippen LogP contribution in [-0.4, -0.2) is 41.1 Å². The van der Waals surface area contributed by atoms with Gasteiger partial charge in [-0.2, -0.15) is 0 Å². The highest BCUT2D eigenvalue weighted by Gasteiger charge is 2.16. The van der Waals surface area contributed by atoms with Gasteiger partial charge in [-0.25, -0.2) is 4.98 Å². The number of anilines is 1. The van der Waals surface area contributed by atoms with E-state index in [1.165, 1.54) is 51.7 Å². The maximum Gasteiger partial charge on any atom is 0.234 e. The smallest absolute Gasteiger partial charge is 0.234 e. The van der Waals surface area contributed by atoms with E-state index in [1.54, 1.807) is 12.1 Å². The van der Waals surface area contributed by atoms with Crippen molar-refractivity contribution in [1.29, 1.82) is 0 Å². The molecule has 1 heterocycles. The molecule has 1 aliphatic carbocycles. The molecule has 0 spiro atoms. The number of hydrogen-bond donors (Lipinski definition) is 2. The van der Waals surface area contributed by atoms with Crippen molar-refractivity contribution in [2.45, 2.75) is 43.7 Å². The first-order chi connectivity index (χ1) is 13.6. The minimum Gasteiger partial charge on any atom is -0.495 e. The summed E-state index contributed by atoms with van der Waals surface area (Å²) in [6, 6.07) is 3.24. The third kappa shape index (κ3) is 5.54. The number of carbonyl (C=O) groups is 1. The molecule has 0 radical (unpaired) electrons. The summed E-state index contributed by atoms with van der Waals surface area (Å²) in [5.74, 6) is 2.66. The third-order valence-electron chi connectivity index (χ3n) is 4.86. The van der Waals surface area contributed by atoms with Gasteiger partial charge in [0, 0.05) is 12.5 Å². The summed E-state index contributed by atoms with van der Waals surface area (Å²) < 4.78 is 10.4. The Balaban J connectivity index is 1.50. The normalized spacial score (nSPS) is 14.2. The molecule has 0 bridgehead atoms. The van der Waals surface area contributed by atoms with Crippen molar-refractivity contribution in [3.8, 4) is 11.5 Å². The molecule has 7 nitrogen and oxygen atoms in total. The zero-order valence-corrected chi connectivity index (χ0v) is 17.7. The first-order valence-electron chi connectivity index (χ1n) is 9.34. The lowest BCUT2D eigenvalue weighted by Crippen LogP contribution is -2.15. The van der Waals surface area contributed by atoms with Crippen LogP contribution in [0.5, 0.6) is 11.5 Å². The fourth-order valence-corrected chi connectivity index (χ4v) is 4.23. The second-order valence-electron chi connectivity index (χ2n) is 6.78. The number of thioether (sulfide) groups is 1. The fourth-order valence-electron chi connectivity index (χ4n) is 3.37. The summed E-state index contributed by atoms with van der Waals surface area (Å²) >= 11 is 7.42. The molecule has 1 saturated carbocycles. The van der Waals surface area contributed by atoms with Crippen LogP contribution in [0.1, 0.15) is 37.9 Å². The number of H-pyrrole nitrogens is 1. The Morgan fingerprint density at radius 2 is 2.04 bits per heavy atom. The molecule has 1 aromatic heterocycles. The summed E-state index contributed by atoms with van der Waals surface area (Å²) in [7, 11) is 3.04. The van der Waals surface area contributed by atoms with Gasteiger partial charge in [0.15, 0.2) is 0 Å². The maximum absolute atomic E-state index is 12.3. The van der Waals surface area contributed by atoms with E-state index in [9.17, 15) is 4.79 Å². The Kier molecular flexibility index (Phi) is 7.44. The van der Waals surface area contributed by atoms with Crippen molar-refractivity contribution < 1.29 is 14.3 Å². The van der Waals surface area contributed by atoms with Crippen LogP contribution < -0.4 is 14.8 Å². The third-order valence-corrected chi connectivity index (χ3v) is 6.00. The number of aryl methyl sites for hydroxylation is 1. The van der Waals surface area contributed by atoms with Gasteiger partial charge in [-0.15, -0.1) is 5.10 Å². The van der Waals surface area contributed by atoms with E-state index in [0.29, 0.717) is 27.4 Å². The summed E-state index contributed by atoms with van der Waals surface area (Å²) in [5, 5.41) is 10.9. The van der Waals surface area contributed by atoms with E-state index in [-0.39, 0.29) is 11.7 Å². The molecule has 152 valence electrons. The second-order valence-corrected chi connectivity index (χ2v) is 8.13. The number of nitrogens with zero attached hydrogens (tertiary/aromatic N) is 2. The van der Waals surface area contributed by atoms with E-state index >= 15 is 0 Å². The lowest BCUT2D eigenvalue weighted by atomic mass is 10.0. The van der Waals surface area contributed by atoms with Crippen LogP contribution in [0.2, 0.25) is 5.02 Å². The van der Waals surface area contributed by atoms with Crippen molar-refractivity contribution in [2.75, 3.05) is 25.3 Å². The zero-order chi connectivity index (χ0) is 19.9. The molecule has 1 amide bonds. The first kappa shape index (κ1) is 20.8. The molecule has 0 unspecified atom stereocenters. The number of aromatic amines is 1. The van der Waals surface area contributed by atoms with Gasteiger partial charge in [-0.1, -0.05) is 49.0 Å². The van der Waals surface area contributed by atoms with Gasteiger partial charge >= 0.3 is 0 Å². The quantitative estimate of drug-likeness (QED) is 0.582. The monoisotopic (exact) mass is 424 g/mol. The lowest BCUT2D eigenvalue weighted by molar-refractivity contribution is -0.113. The average molecular weight is 425 g/mol. The largest absolute Gasteiger partial charge is 0.495 e. The number of nitrogens with one attached hydrogen (secondary N) is 2. The van der Waals surface area contributed by atoms with Crippen molar-refractivity contribution in [3.63, 3.8) is 0 Å². The second kappa shape index (κ2) is 10.0. The molecule has 2 N–H and O–H groups in total. The van der Waals surface area contributed by atoms with Crippen LogP contribution >= 0.6 is 23.4 Å². The molecule has 1 aromatic carbocycles. The van der Waals surface area contributed by atoms with Gasteiger partial charge in [0.1, 0.15) is 17.3 Å². The average Bonchev–Trinajstić information content (AvgIpc) is 3.37. The van der Waals surface area contributed by atoms with Crippen LogP contribution in [0, 0.1) is 5.92 Å². The number of rotatable bonds is 9. The summed E-state index contributed by atoms with van der Waals surface area (Å²) in [6.45, 7) is 0. The van der Waals surface area contributed by atoms with Crippen LogP contribution in [0.4, 0.5) is 5.69 Å². The summed E-state index contributed by atoms with van der Waals surface area (Å²) in [4.78, 5) is 16.8. The molecule has 2 aromatic rings. The molecule has 0 saturated heterocycles. The van der Waals surface area contributed by atoms with Crippen LogP contribution in [0.3, 0.4) is 0 Å². The number of halogens is 1. The number of methoxy groups -OCH3 is 2. The van der Waals surface area contributed by atoms with Gasteiger partial charge in [0.2, 0.25) is 11.1 Å². The minimum absolute atomic E-state index is 0.187.